The Morgan fingerprint density at radius 2 is 1.33 bits per heavy atom. The molecule has 0 aliphatic heterocycles. The van der Waals surface area contributed by atoms with Crippen molar-refractivity contribution in [3.63, 3.8) is 0 Å². The summed E-state index contributed by atoms with van der Waals surface area (Å²) in [6, 6.07) is 39.0. The van der Waals surface area contributed by atoms with Gasteiger partial charge in [0.2, 0.25) is 0 Å². The third-order valence-corrected chi connectivity index (χ3v) is 18.1. The summed E-state index contributed by atoms with van der Waals surface area (Å²) in [4.78, 5) is 1.53. The largest absolute Gasteiger partial charge is 0.313 e. The van der Waals surface area contributed by atoms with Gasteiger partial charge in [-0.05, 0) is 118 Å². The smallest absolute Gasteiger partial charge is 0.0548 e. The molecule has 0 fully saturated rings. The number of thiophene rings is 2. The van der Waals surface area contributed by atoms with Gasteiger partial charge in [-0.2, -0.15) is 0 Å². The van der Waals surface area contributed by atoms with Gasteiger partial charge in [0.15, 0.2) is 0 Å². The summed E-state index contributed by atoms with van der Waals surface area (Å²) in [6.45, 7) is 2.39. The van der Waals surface area contributed by atoms with E-state index in [9.17, 15) is 0 Å². The van der Waals surface area contributed by atoms with E-state index in [1.165, 1.54) is 118 Å². The fourth-order valence-electron chi connectivity index (χ4n) is 12.5. The first-order valence-electron chi connectivity index (χ1n) is 24.1. The Labute approximate surface area is 397 Å². The third kappa shape index (κ3) is 5.73. The van der Waals surface area contributed by atoms with Crippen molar-refractivity contribution in [2.45, 2.75) is 26.2 Å². The highest BCUT2D eigenvalue weighted by molar-refractivity contribution is 7.19. The van der Waals surface area contributed by atoms with E-state index in [1.807, 2.05) is 22.7 Å². The lowest BCUT2D eigenvalue weighted by molar-refractivity contribution is 0.602. The average molecular weight is 895 g/mol. The molecule has 0 radical (unpaired) electrons. The fraction of sp³-hybridized carbons (Fsp3) is 0.143. The summed E-state index contributed by atoms with van der Waals surface area (Å²) >= 11 is 3.90. The van der Waals surface area contributed by atoms with E-state index in [1.54, 1.807) is 0 Å². The molecule has 0 spiro atoms. The van der Waals surface area contributed by atoms with Gasteiger partial charge in [-0.25, -0.2) is 0 Å². The van der Waals surface area contributed by atoms with E-state index in [4.69, 9.17) is 0 Å². The number of fused-ring (bicyclic) bond motifs is 15. The highest BCUT2D eigenvalue weighted by atomic mass is 32.1. The van der Waals surface area contributed by atoms with Crippen LogP contribution in [0.4, 0.5) is 0 Å². The van der Waals surface area contributed by atoms with Crippen molar-refractivity contribution in [1.82, 2.24) is 9.13 Å². The predicted molar refractivity (Wildman–Crippen MR) is 289 cm³/mol. The van der Waals surface area contributed by atoms with Gasteiger partial charge in [-0.3, -0.25) is 0 Å². The maximum Gasteiger partial charge on any atom is 0.0548 e. The van der Waals surface area contributed by atoms with Gasteiger partial charge in [0.25, 0.3) is 0 Å². The van der Waals surface area contributed by atoms with Crippen molar-refractivity contribution in [3.8, 4) is 0 Å². The Kier molecular flexibility index (Phi) is 8.26. The molecule has 5 unspecified atom stereocenters. The molecule has 0 saturated carbocycles. The van der Waals surface area contributed by atoms with Gasteiger partial charge >= 0.3 is 0 Å². The molecule has 0 amide bonds. The summed E-state index contributed by atoms with van der Waals surface area (Å²) in [5.74, 6) is 1.72. The molecule has 0 saturated heterocycles. The maximum absolute atomic E-state index is 2.57. The van der Waals surface area contributed by atoms with Crippen molar-refractivity contribution in [1.29, 1.82) is 0 Å². The molecule has 0 bridgehead atoms. The maximum atomic E-state index is 2.57. The van der Waals surface area contributed by atoms with E-state index >= 15 is 0 Å². The predicted octanol–water partition coefficient (Wildman–Crippen LogP) is 15.4. The van der Waals surface area contributed by atoms with Crippen molar-refractivity contribution >= 4 is 122 Å². The molecule has 67 heavy (non-hydrogen) atoms. The molecular formula is C63H46N2S2. The second-order valence-electron chi connectivity index (χ2n) is 19.5. The first-order valence-corrected chi connectivity index (χ1v) is 25.7. The molecule has 4 heteroatoms. The van der Waals surface area contributed by atoms with Crippen molar-refractivity contribution in [2.75, 3.05) is 0 Å². The van der Waals surface area contributed by atoms with E-state index in [0.29, 0.717) is 23.7 Å². The minimum absolute atomic E-state index is 0.282. The lowest BCUT2D eigenvalue weighted by Crippen LogP contribution is -2.30. The number of hydrogen-bond donors (Lipinski definition) is 0. The van der Waals surface area contributed by atoms with Crippen LogP contribution in [0.15, 0.2) is 187 Å². The van der Waals surface area contributed by atoms with E-state index in [2.05, 4.69) is 210 Å². The number of para-hydroxylation sites is 2. The summed E-state index contributed by atoms with van der Waals surface area (Å²) in [5.41, 5.74) is 14.5. The van der Waals surface area contributed by atoms with Crippen molar-refractivity contribution < 1.29 is 0 Å². The number of aryl methyl sites for hydroxylation is 1. The number of nitrogens with zero attached hydrogens (tertiary/aromatic N) is 2. The van der Waals surface area contributed by atoms with Gasteiger partial charge in [0, 0.05) is 80.8 Å². The van der Waals surface area contributed by atoms with Crippen molar-refractivity contribution in [2.24, 2.45) is 29.6 Å². The molecule has 6 aliphatic carbocycles. The first kappa shape index (κ1) is 38.2. The monoisotopic (exact) mass is 894 g/mol. The van der Waals surface area contributed by atoms with Crippen LogP contribution in [0.2, 0.25) is 0 Å². The van der Waals surface area contributed by atoms with Crippen LogP contribution >= 0.6 is 22.7 Å². The topological polar surface area (TPSA) is 9.86 Å². The second kappa shape index (κ2) is 14.5. The zero-order valence-electron chi connectivity index (χ0n) is 37.2. The Balaban J connectivity index is 0.823. The number of benzene rings is 5. The molecule has 5 aromatic carbocycles. The number of aromatic nitrogens is 2. The SMILES string of the molecule is CC1C=c2sc3ccccc3c2=CC1C1=CC2C=C(n3c4ccccc4c4c5c6ccccc6n(C6=CC=C7C=CC(c8ccc9sc%10c(c9c8)C=CCC%10)=CC7C6)c5ccc43)C=CC2C=C1. The molecule has 15 rings (SSSR count). The zero-order chi connectivity index (χ0) is 43.9. The first-order chi connectivity index (χ1) is 33.1. The number of rotatable bonds is 4. The number of hydrogen-bond acceptors (Lipinski definition) is 2. The van der Waals surface area contributed by atoms with Gasteiger partial charge in [0.1, 0.15) is 0 Å². The van der Waals surface area contributed by atoms with Crippen LogP contribution in [0.3, 0.4) is 0 Å². The zero-order valence-corrected chi connectivity index (χ0v) is 38.8. The Hall–Kier alpha value is -6.98. The lowest BCUT2D eigenvalue weighted by atomic mass is 9.75. The van der Waals surface area contributed by atoms with Gasteiger partial charge in [0.05, 0.1) is 22.1 Å². The summed E-state index contributed by atoms with van der Waals surface area (Å²) in [6.07, 6.45) is 39.7. The average Bonchev–Trinajstić information content (AvgIpc) is 4.12. The number of allylic oxidation sites excluding steroid dienone is 17. The Morgan fingerprint density at radius 1 is 0.567 bits per heavy atom. The molecule has 0 N–H and O–H groups in total. The summed E-state index contributed by atoms with van der Waals surface area (Å²) in [7, 11) is 0. The molecule has 4 heterocycles. The second-order valence-corrected chi connectivity index (χ2v) is 21.7. The van der Waals surface area contributed by atoms with E-state index in [-0.39, 0.29) is 5.92 Å². The van der Waals surface area contributed by atoms with Crippen LogP contribution in [0.5, 0.6) is 0 Å². The highest BCUT2D eigenvalue weighted by Gasteiger charge is 2.29. The van der Waals surface area contributed by atoms with Crippen LogP contribution in [-0.4, -0.2) is 9.13 Å². The van der Waals surface area contributed by atoms with Crippen LogP contribution in [0.1, 0.15) is 35.8 Å². The molecule has 5 atom stereocenters. The van der Waals surface area contributed by atoms with Gasteiger partial charge < -0.3 is 9.13 Å². The lowest BCUT2D eigenvalue weighted by Gasteiger charge is -2.30. The quantitative estimate of drug-likeness (QED) is 0.167. The van der Waals surface area contributed by atoms with Crippen molar-refractivity contribution in [3.05, 3.63) is 213 Å². The van der Waals surface area contributed by atoms with Crippen LogP contribution in [0, 0.1) is 29.6 Å². The molecular weight excluding hydrogens is 849 g/mol. The fourth-order valence-corrected chi connectivity index (χ4v) is 14.9. The van der Waals surface area contributed by atoms with E-state index < -0.39 is 0 Å². The van der Waals surface area contributed by atoms with Crippen LogP contribution in [-0.2, 0) is 6.42 Å². The highest BCUT2D eigenvalue weighted by Crippen LogP contribution is 2.47. The van der Waals surface area contributed by atoms with Crippen LogP contribution in [0.25, 0.3) is 99.0 Å². The van der Waals surface area contributed by atoms with Gasteiger partial charge in [-0.15, -0.1) is 22.7 Å². The minimum Gasteiger partial charge on any atom is -0.313 e. The standard InChI is InChI=1S/C63H46N2S2/c1-37-30-61-53(48-11-5-9-17-59(48)67-61)36-51(37)42-21-19-39-23-26-46(34-44(39)32-42)65-55-15-7-3-13-50(55)63-57(65)28-27-56-62(63)49-12-2-6-14-54(49)64(56)45-25-22-38-18-20-40(31-43(38)33-45)41-24-29-60-52(35-41)47-10-4-8-16-58(47)66-60/h2-7,9-15,17-32,34-37,39,43-44,51H,8,16,33H2,1H3. The van der Waals surface area contributed by atoms with E-state index in [0.717, 1.165) is 19.3 Å². The van der Waals surface area contributed by atoms with Crippen LogP contribution < -0.4 is 9.75 Å². The Morgan fingerprint density at radius 3 is 2.19 bits per heavy atom. The summed E-state index contributed by atoms with van der Waals surface area (Å²) in [5, 5.41) is 9.46. The molecule has 9 aromatic rings. The third-order valence-electron chi connectivity index (χ3n) is 15.7. The summed E-state index contributed by atoms with van der Waals surface area (Å²) < 4.78 is 9.30. The molecule has 6 aliphatic rings. The minimum atomic E-state index is 0.282. The molecule has 320 valence electrons. The molecule has 2 nitrogen and oxygen atoms in total. The molecule has 4 aromatic heterocycles. The van der Waals surface area contributed by atoms with Gasteiger partial charge in [-0.1, -0.05) is 147 Å². The Bertz CT molecular complexity index is 4110. The normalized spacial score (nSPS) is 22.8.